The highest BCUT2D eigenvalue weighted by molar-refractivity contribution is 7.91. The van der Waals surface area contributed by atoms with Gasteiger partial charge in [0.15, 0.2) is 9.84 Å². The highest BCUT2D eigenvalue weighted by Crippen LogP contribution is 2.16. The number of carbonyl (C=O) groups excluding carboxylic acids is 1. The van der Waals surface area contributed by atoms with Gasteiger partial charge < -0.3 is 10.2 Å². The molecule has 1 N–H and O–H groups in total. The van der Waals surface area contributed by atoms with E-state index in [-0.39, 0.29) is 11.7 Å². The van der Waals surface area contributed by atoms with E-state index in [1.165, 1.54) is 5.57 Å². The summed E-state index contributed by atoms with van der Waals surface area (Å²) in [7, 11) is -3.01. The van der Waals surface area contributed by atoms with Gasteiger partial charge in [-0.05, 0) is 75.9 Å². The molecule has 0 spiro atoms. The van der Waals surface area contributed by atoms with Crippen molar-refractivity contribution in [2.24, 2.45) is 0 Å². The van der Waals surface area contributed by atoms with E-state index in [9.17, 15) is 13.2 Å². The molecule has 0 aromatic heterocycles. The minimum Gasteiger partial charge on any atom is -0.386 e. The highest BCUT2D eigenvalue weighted by Gasteiger charge is 2.19. The predicted molar refractivity (Wildman–Crippen MR) is 185 cm³/mol. The number of hydrogen-bond acceptors (Lipinski definition) is 4. The van der Waals surface area contributed by atoms with Crippen LogP contribution >= 0.6 is 0 Å². The maximum Gasteiger partial charge on any atom is 0.254 e. The average Bonchev–Trinajstić information content (AvgIpc) is 3.03. The third-order valence-corrected chi connectivity index (χ3v) is 8.53. The normalized spacial score (nSPS) is 11.6. The first-order chi connectivity index (χ1) is 20.5. The molecule has 1 unspecified atom stereocenters. The lowest BCUT2D eigenvalue weighted by Crippen LogP contribution is -2.34. The Morgan fingerprint density at radius 2 is 1.35 bits per heavy atom. The Morgan fingerprint density at radius 1 is 0.814 bits per heavy atom. The van der Waals surface area contributed by atoms with E-state index < -0.39 is 9.84 Å². The molecule has 3 aromatic carbocycles. The van der Waals surface area contributed by atoms with Crippen LogP contribution in [0.3, 0.4) is 0 Å². The van der Waals surface area contributed by atoms with Crippen molar-refractivity contribution in [3.05, 3.63) is 112 Å². The van der Waals surface area contributed by atoms with Crippen molar-refractivity contribution < 1.29 is 13.2 Å². The summed E-state index contributed by atoms with van der Waals surface area (Å²) in [6.45, 7) is 23.3. The number of benzene rings is 3. The van der Waals surface area contributed by atoms with E-state index >= 15 is 0 Å². The van der Waals surface area contributed by atoms with Crippen LogP contribution < -0.4 is 5.32 Å². The lowest BCUT2D eigenvalue weighted by Gasteiger charge is -2.26. The molecule has 43 heavy (non-hydrogen) atoms. The summed E-state index contributed by atoms with van der Waals surface area (Å²) in [5.74, 6) is 0.239. The molecule has 0 aliphatic heterocycles. The molecule has 0 aliphatic carbocycles. The highest BCUT2D eigenvalue weighted by atomic mass is 32.2. The third kappa shape index (κ3) is 14.1. The third-order valence-electron chi connectivity index (χ3n) is 6.78. The SMILES string of the molecule is CC.CC.CCC(C)N/C(C)=C(\C)CN(Cc1ccccc1)C(=O)c1ccccc1C.CCS(=O)(=O)c1ccc(C)cc1. The van der Waals surface area contributed by atoms with E-state index in [0.717, 1.165) is 34.4 Å². The Labute approximate surface area is 263 Å². The first-order valence-electron chi connectivity index (χ1n) is 15.6. The number of rotatable bonds is 10. The first kappa shape index (κ1) is 39.6. The van der Waals surface area contributed by atoms with Crippen molar-refractivity contribution in [3.8, 4) is 0 Å². The topological polar surface area (TPSA) is 66.5 Å². The summed E-state index contributed by atoms with van der Waals surface area (Å²) >= 11 is 0. The number of aryl methyl sites for hydroxylation is 2. The van der Waals surface area contributed by atoms with Crippen LogP contribution in [0.1, 0.15) is 95.8 Å². The monoisotopic (exact) mass is 608 g/mol. The average molecular weight is 609 g/mol. The van der Waals surface area contributed by atoms with E-state index in [1.807, 2.05) is 101 Å². The molecule has 5 nitrogen and oxygen atoms in total. The van der Waals surface area contributed by atoms with Crippen LogP contribution in [-0.2, 0) is 16.4 Å². The van der Waals surface area contributed by atoms with Gasteiger partial charge in [0, 0.05) is 30.4 Å². The fourth-order valence-corrected chi connectivity index (χ4v) is 4.78. The second-order valence-electron chi connectivity index (χ2n) is 10.0. The lowest BCUT2D eigenvalue weighted by atomic mass is 10.1. The maximum absolute atomic E-state index is 13.3. The van der Waals surface area contributed by atoms with Crippen molar-refractivity contribution >= 4 is 15.7 Å². The largest absolute Gasteiger partial charge is 0.386 e. The Kier molecular flexibility index (Phi) is 19.7. The molecule has 0 saturated carbocycles. The van der Waals surface area contributed by atoms with E-state index in [4.69, 9.17) is 0 Å². The molecule has 238 valence electrons. The first-order valence-corrected chi connectivity index (χ1v) is 17.2. The van der Waals surface area contributed by atoms with Crippen LogP contribution in [0.15, 0.2) is 95.0 Å². The van der Waals surface area contributed by atoms with Gasteiger partial charge in [-0.15, -0.1) is 0 Å². The zero-order chi connectivity index (χ0) is 33.0. The van der Waals surface area contributed by atoms with Crippen molar-refractivity contribution in [3.63, 3.8) is 0 Å². The quantitative estimate of drug-likeness (QED) is 0.249. The summed E-state index contributed by atoms with van der Waals surface area (Å²) in [4.78, 5) is 15.6. The number of sulfone groups is 1. The minimum atomic E-state index is -3.01. The van der Waals surface area contributed by atoms with Crippen LogP contribution in [0.2, 0.25) is 0 Å². The fraction of sp³-hybridized carbons (Fsp3) is 0.432. The molecule has 3 aromatic rings. The Balaban J connectivity index is 0.000000918. The summed E-state index contributed by atoms with van der Waals surface area (Å²) in [6.07, 6.45) is 1.07. The van der Waals surface area contributed by atoms with Gasteiger partial charge in [0.1, 0.15) is 0 Å². The molecule has 0 fully saturated rings. The van der Waals surface area contributed by atoms with Crippen molar-refractivity contribution in [1.29, 1.82) is 0 Å². The summed E-state index contributed by atoms with van der Waals surface area (Å²) in [6, 6.07) is 25.3. The molecule has 1 amide bonds. The van der Waals surface area contributed by atoms with Gasteiger partial charge in [-0.2, -0.15) is 0 Å². The van der Waals surface area contributed by atoms with Crippen LogP contribution in [0.25, 0.3) is 0 Å². The van der Waals surface area contributed by atoms with Crippen LogP contribution in [0.5, 0.6) is 0 Å². The predicted octanol–water partition coefficient (Wildman–Crippen LogP) is 9.16. The number of nitrogens with zero attached hydrogens (tertiary/aromatic N) is 1. The van der Waals surface area contributed by atoms with Crippen LogP contribution in [0.4, 0.5) is 0 Å². The van der Waals surface area contributed by atoms with Gasteiger partial charge in [0.25, 0.3) is 5.91 Å². The fourth-order valence-electron chi connectivity index (χ4n) is 3.90. The zero-order valence-electron chi connectivity index (χ0n) is 28.5. The Bertz CT molecular complexity index is 1330. The van der Waals surface area contributed by atoms with Crippen LogP contribution in [-0.4, -0.2) is 37.6 Å². The van der Waals surface area contributed by atoms with E-state index in [2.05, 4.69) is 45.1 Å². The molecule has 6 heteroatoms. The molecule has 0 heterocycles. The van der Waals surface area contributed by atoms with Gasteiger partial charge in [-0.3, -0.25) is 4.79 Å². The van der Waals surface area contributed by atoms with E-state index in [0.29, 0.717) is 24.0 Å². The molecule has 0 aliphatic rings. The second-order valence-corrected chi connectivity index (χ2v) is 12.3. The number of nitrogens with one attached hydrogen (secondary N) is 1. The van der Waals surface area contributed by atoms with Crippen LogP contribution in [0, 0.1) is 13.8 Å². The standard InChI is InChI=1S/C24H32N2O.C9H12O2S.2C2H6/c1-6-20(4)25-21(5)19(3)16-26(17-22-13-8-7-9-14-22)24(27)23-15-11-10-12-18(23)2;1-3-12(10,11)9-6-4-8(2)5-7-9;2*1-2/h7-15,20,25H,6,16-17H2,1-5H3;4-7H,3H2,1-2H3;2*1-2H3/b21-19+;;;. The minimum absolute atomic E-state index is 0.0765. The summed E-state index contributed by atoms with van der Waals surface area (Å²) in [5, 5.41) is 3.53. The maximum atomic E-state index is 13.3. The van der Waals surface area contributed by atoms with Gasteiger partial charge in [-0.25, -0.2) is 8.42 Å². The molecule has 0 bridgehead atoms. The zero-order valence-corrected chi connectivity index (χ0v) is 29.3. The van der Waals surface area contributed by atoms with Crippen molar-refractivity contribution in [1.82, 2.24) is 10.2 Å². The molecule has 1 atom stereocenters. The molecule has 0 saturated heterocycles. The Hall–Kier alpha value is -3.38. The lowest BCUT2D eigenvalue weighted by molar-refractivity contribution is 0.0757. The number of allylic oxidation sites excluding steroid dienone is 1. The summed E-state index contributed by atoms with van der Waals surface area (Å²) < 4.78 is 22.6. The second kappa shape index (κ2) is 21.3. The summed E-state index contributed by atoms with van der Waals surface area (Å²) in [5.41, 5.74) is 6.34. The molecule has 0 radical (unpaired) electrons. The molecular formula is C37H56N2O3S. The number of amides is 1. The van der Waals surface area contributed by atoms with Gasteiger partial charge in [-0.1, -0.05) is 108 Å². The molecular weight excluding hydrogens is 552 g/mol. The van der Waals surface area contributed by atoms with E-state index in [1.54, 1.807) is 19.1 Å². The number of hydrogen-bond donors (Lipinski definition) is 1. The Morgan fingerprint density at radius 3 is 1.86 bits per heavy atom. The van der Waals surface area contributed by atoms with Gasteiger partial charge in [0.2, 0.25) is 0 Å². The van der Waals surface area contributed by atoms with Gasteiger partial charge in [0.05, 0.1) is 10.6 Å². The number of carbonyl (C=O) groups is 1. The van der Waals surface area contributed by atoms with Gasteiger partial charge >= 0.3 is 0 Å². The van der Waals surface area contributed by atoms with Crippen molar-refractivity contribution in [2.45, 2.75) is 100 Å². The van der Waals surface area contributed by atoms with Crippen molar-refractivity contribution in [2.75, 3.05) is 12.3 Å². The molecule has 3 rings (SSSR count). The smallest absolute Gasteiger partial charge is 0.254 e.